The zero-order chi connectivity index (χ0) is 17.6. The Bertz CT molecular complexity index is 517. The molecule has 0 saturated heterocycles. The number of benzene rings is 1. The van der Waals surface area contributed by atoms with E-state index >= 15 is 0 Å². The highest BCUT2D eigenvalue weighted by atomic mass is 16.5. The summed E-state index contributed by atoms with van der Waals surface area (Å²) in [5.41, 5.74) is 1.70. The summed E-state index contributed by atoms with van der Waals surface area (Å²) < 4.78 is 4.75. The van der Waals surface area contributed by atoms with Crippen molar-refractivity contribution in [2.45, 2.75) is 39.2 Å². The van der Waals surface area contributed by atoms with Crippen molar-refractivity contribution in [1.82, 2.24) is 10.6 Å². The van der Waals surface area contributed by atoms with Crippen LogP contribution in [-0.4, -0.2) is 31.6 Å². The molecule has 1 aromatic rings. The summed E-state index contributed by atoms with van der Waals surface area (Å²) in [6, 6.07) is 7.33. The van der Waals surface area contributed by atoms with Gasteiger partial charge < -0.3 is 20.7 Å². The Kier molecular flexibility index (Phi) is 9.68. The van der Waals surface area contributed by atoms with E-state index in [9.17, 15) is 14.4 Å². The fourth-order valence-corrected chi connectivity index (χ4v) is 2.05. The molecule has 0 aliphatic heterocycles. The zero-order valence-corrected chi connectivity index (χ0v) is 14.0. The van der Waals surface area contributed by atoms with E-state index in [1.165, 1.54) is 0 Å². The van der Waals surface area contributed by atoms with Crippen LogP contribution in [0.4, 0.5) is 10.5 Å². The Morgan fingerprint density at radius 3 is 2.54 bits per heavy atom. The molecule has 3 amide bonds. The first-order chi connectivity index (χ1) is 11.7. The third kappa shape index (κ3) is 8.77. The molecule has 0 aliphatic rings. The standard InChI is InChI=1S/C17H25N3O4/c1-2-24-17(23)19-11-5-3-4-6-16(22)20-15-9-7-14(8-10-15)12-18-13-21/h7-10,13H,2-6,11-12H2,1H3,(H,18,21)(H,19,23)(H,20,22). The van der Waals surface area contributed by atoms with Gasteiger partial charge in [0, 0.05) is 25.2 Å². The van der Waals surface area contributed by atoms with Gasteiger partial charge in [0.15, 0.2) is 0 Å². The first-order valence-electron chi connectivity index (χ1n) is 8.12. The number of ether oxygens (including phenoxy) is 1. The molecule has 0 fully saturated rings. The van der Waals surface area contributed by atoms with Crippen LogP contribution in [0.25, 0.3) is 0 Å². The van der Waals surface area contributed by atoms with Crippen LogP contribution in [0.5, 0.6) is 0 Å². The van der Waals surface area contributed by atoms with Gasteiger partial charge in [0.05, 0.1) is 6.61 Å². The van der Waals surface area contributed by atoms with Gasteiger partial charge in [-0.3, -0.25) is 9.59 Å². The van der Waals surface area contributed by atoms with Crippen LogP contribution >= 0.6 is 0 Å². The van der Waals surface area contributed by atoms with E-state index in [0.29, 0.717) is 32.5 Å². The minimum atomic E-state index is -0.401. The highest BCUT2D eigenvalue weighted by Gasteiger charge is 2.03. The molecule has 3 N–H and O–H groups in total. The van der Waals surface area contributed by atoms with Crippen LogP contribution in [0.3, 0.4) is 0 Å². The predicted molar refractivity (Wildman–Crippen MR) is 91.5 cm³/mol. The van der Waals surface area contributed by atoms with Gasteiger partial charge in [-0.05, 0) is 37.5 Å². The average Bonchev–Trinajstić information content (AvgIpc) is 2.57. The van der Waals surface area contributed by atoms with E-state index in [1.807, 2.05) is 24.3 Å². The van der Waals surface area contributed by atoms with Crippen molar-refractivity contribution in [3.8, 4) is 0 Å². The SMILES string of the molecule is CCOC(=O)NCCCCCC(=O)Nc1ccc(CNC=O)cc1. The van der Waals surface area contributed by atoms with Crippen LogP contribution in [0, 0.1) is 0 Å². The molecule has 0 spiro atoms. The minimum absolute atomic E-state index is 0.0351. The molecule has 0 aromatic heterocycles. The van der Waals surface area contributed by atoms with Crippen molar-refractivity contribution < 1.29 is 19.1 Å². The maximum atomic E-state index is 11.8. The van der Waals surface area contributed by atoms with Gasteiger partial charge in [0.2, 0.25) is 12.3 Å². The van der Waals surface area contributed by atoms with Gasteiger partial charge in [-0.2, -0.15) is 0 Å². The minimum Gasteiger partial charge on any atom is -0.450 e. The molecule has 132 valence electrons. The molecule has 1 rings (SSSR count). The second kappa shape index (κ2) is 11.9. The average molecular weight is 335 g/mol. The molecule has 0 atom stereocenters. The van der Waals surface area contributed by atoms with Crippen LogP contribution in [0.1, 0.15) is 38.2 Å². The molecule has 24 heavy (non-hydrogen) atoms. The Balaban J connectivity index is 2.13. The summed E-state index contributed by atoms with van der Waals surface area (Å²) in [7, 11) is 0. The monoisotopic (exact) mass is 335 g/mol. The van der Waals surface area contributed by atoms with E-state index in [2.05, 4.69) is 16.0 Å². The molecule has 1 aromatic carbocycles. The number of hydrogen-bond donors (Lipinski definition) is 3. The van der Waals surface area contributed by atoms with Crippen LogP contribution in [-0.2, 0) is 20.9 Å². The Morgan fingerprint density at radius 1 is 1.12 bits per heavy atom. The molecule has 7 nitrogen and oxygen atoms in total. The van der Waals surface area contributed by atoms with Gasteiger partial charge in [0.1, 0.15) is 0 Å². The lowest BCUT2D eigenvalue weighted by Crippen LogP contribution is -2.25. The van der Waals surface area contributed by atoms with E-state index in [-0.39, 0.29) is 5.91 Å². The fraction of sp³-hybridized carbons (Fsp3) is 0.471. The number of anilines is 1. The lowest BCUT2D eigenvalue weighted by molar-refractivity contribution is -0.116. The summed E-state index contributed by atoms with van der Waals surface area (Å²) in [5, 5.41) is 8.06. The molecule has 0 heterocycles. The van der Waals surface area contributed by atoms with Crippen molar-refractivity contribution in [3.05, 3.63) is 29.8 Å². The largest absolute Gasteiger partial charge is 0.450 e. The molecule has 0 aliphatic carbocycles. The number of amides is 3. The Labute approximate surface area is 142 Å². The van der Waals surface area contributed by atoms with Gasteiger partial charge in [-0.1, -0.05) is 18.6 Å². The maximum Gasteiger partial charge on any atom is 0.407 e. The van der Waals surface area contributed by atoms with Crippen LogP contribution in [0.15, 0.2) is 24.3 Å². The number of hydrogen-bond acceptors (Lipinski definition) is 4. The second-order valence-electron chi connectivity index (χ2n) is 5.20. The molecule has 0 radical (unpaired) electrons. The van der Waals surface area contributed by atoms with E-state index < -0.39 is 6.09 Å². The summed E-state index contributed by atoms with van der Waals surface area (Å²) in [5.74, 6) is -0.0351. The summed E-state index contributed by atoms with van der Waals surface area (Å²) in [4.78, 5) is 33.1. The van der Waals surface area contributed by atoms with Crippen molar-refractivity contribution in [2.75, 3.05) is 18.5 Å². The second-order valence-corrected chi connectivity index (χ2v) is 5.20. The summed E-state index contributed by atoms with van der Waals surface area (Å²) in [6.45, 7) is 3.14. The molecular weight excluding hydrogens is 310 g/mol. The van der Waals surface area contributed by atoms with E-state index in [1.54, 1.807) is 6.92 Å². The maximum absolute atomic E-state index is 11.8. The van der Waals surface area contributed by atoms with E-state index in [0.717, 1.165) is 30.5 Å². The number of nitrogens with one attached hydrogen (secondary N) is 3. The quantitative estimate of drug-likeness (QED) is 0.426. The fourth-order valence-electron chi connectivity index (χ4n) is 2.05. The Hall–Kier alpha value is -2.57. The lowest BCUT2D eigenvalue weighted by atomic mass is 10.1. The third-order valence-electron chi connectivity index (χ3n) is 3.25. The van der Waals surface area contributed by atoms with Gasteiger partial charge >= 0.3 is 6.09 Å². The molecular formula is C17H25N3O4. The van der Waals surface area contributed by atoms with E-state index in [4.69, 9.17) is 4.74 Å². The van der Waals surface area contributed by atoms with Crippen molar-refractivity contribution in [3.63, 3.8) is 0 Å². The molecule has 0 saturated carbocycles. The van der Waals surface area contributed by atoms with Crippen molar-refractivity contribution >= 4 is 24.1 Å². The first-order valence-corrected chi connectivity index (χ1v) is 8.12. The number of rotatable bonds is 11. The van der Waals surface area contributed by atoms with Crippen LogP contribution < -0.4 is 16.0 Å². The topological polar surface area (TPSA) is 96.5 Å². The van der Waals surface area contributed by atoms with Crippen LogP contribution in [0.2, 0.25) is 0 Å². The number of carbonyl (C=O) groups is 3. The highest BCUT2D eigenvalue weighted by Crippen LogP contribution is 2.10. The molecule has 7 heteroatoms. The number of unbranched alkanes of at least 4 members (excludes halogenated alkanes) is 2. The number of alkyl carbamates (subject to hydrolysis) is 1. The third-order valence-corrected chi connectivity index (χ3v) is 3.25. The Morgan fingerprint density at radius 2 is 1.88 bits per heavy atom. The van der Waals surface area contributed by atoms with Gasteiger partial charge in [-0.15, -0.1) is 0 Å². The van der Waals surface area contributed by atoms with Crippen molar-refractivity contribution in [2.24, 2.45) is 0 Å². The first kappa shape index (κ1) is 19.5. The lowest BCUT2D eigenvalue weighted by Gasteiger charge is -2.07. The zero-order valence-electron chi connectivity index (χ0n) is 14.0. The number of carbonyl (C=O) groups excluding carboxylic acids is 3. The van der Waals surface area contributed by atoms with Crippen molar-refractivity contribution in [1.29, 1.82) is 0 Å². The van der Waals surface area contributed by atoms with Gasteiger partial charge in [-0.25, -0.2) is 4.79 Å². The smallest absolute Gasteiger partial charge is 0.407 e. The molecule has 0 bridgehead atoms. The van der Waals surface area contributed by atoms with Gasteiger partial charge in [0.25, 0.3) is 0 Å². The summed E-state index contributed by atoms with van der Waals surface area (Å²) in [6.07, 6.45) is 3.12. The predicted octanol–water partition coefficient (Wildman–Crippen LogP) is 2.18. The molecule has 0 unspecified atom stereocenters. The normalized spacial score (nSPS) is 9.88. The highest BCUT2D eigenvalue weighted by molar-refractivity contribution is 5.90. The summed E-state index contributed by atoms with van der Waals surface area (Å²) >= 11 is 0.